The van der Waals surface area contributed by atoms with Crippen LogP contribution >= 0.6 is 11.3 Å². The molecular weight excluding hydrogens is 216 g/mol. The van der Waals surface area contributed by atoms with Gasteiger partial charge in [-0.2, -0.15) is 0 Å². The fourth-order valence-corrected chi connectivity index (χ4v) is 2.78. The highest BCUT2D eigenvalue weighted by Gasteiger charge is 2.06. The van der Waals surface area contributed by atoms with Crippen LogP contribution in [0.4, 0.5) is 0 Å². The van der Waals surface area contributed by atoms with Gasteiger partial charge in [-0.1, -0.05) is 27.7 Å². The summed E-state index contributed by atoms with van der Waals surface area (Å²) >= 11 is 1.85. The second kappa shape index (κ2) is 7.02. The van der Waals surface area contributed by atoms with E-state index >= 15 is 0 Å². The normalized spacial score (nSPS) is 11.6. The first-order chi connectivity index (χ1) is 7.65. The summed E-state index contributed by atoms with van der Waals surface area (Å²) in [6, 6.07) is 0.649. The van der Waals surface area contributed by atoms with Gasteiger partial charge in [0.2, 0.25) is 0 Å². The van der Waals surface area contributed by atoms with E-state index in [0.717, 1.165) is 13.0 Å². The highest BCUT2D eigenvalue weighted by molar-refractivity contribution is 7.11. The lowest BCUT2D eigenvalue weighted by Crippen LogP contribution is -2.26. The van der Waals surface area contributed by atoms with Gasteiger partial charge in [-0.3, -0.25) is 0 Å². The van der Waals surface area contributed by atoms with Crippen LogP contribution in [-0.2, 0) is 13.0 Å². The number of nitrogens with zero attached hydrogens (tertiary/aromatic N) is 1. The zero-order valence-corrected chi connectivity index (χ0v) is 11.7. The van der Waals surface area contributed by atoms with E-state index in [1.54, 1.807) is 0 Å². The van der Waals surface area contributed by atoms with Gasteiger partial charge in [0.25, 0.3) is 0 Å². The molecule has 0 radical (unpaired) electrons. The molecule has 0 spiro atoms. The number of nitrogens with one attached hydrogen (secondary N) is 1. The molecule has 0 aliphatic carbocycles. The van der Waals surface area contributed by atoms with Crippen molar-refractivity contribution >= 4 is 11.3 Å². The van der Waals surface area contributed by atoms with Crippen LogP contribution in [0.2, 0.25) is 0 Å². The maximum Gasteiger partial charge on any atom is 0.0930 e. The smallest absolute Gasteiger partial charge is 0.0930 e. The molecule has 1 rings (SSSR count). The fourth-order valence-electron chi connectivity index (χ4n) is 1.70. The molecule has 0 aromatic carbocycles. The molecule has 1 aromatic rings. The van der Waals surface area contributed by atoms with Gasteiger partial charge in [0.1, 0.15) is 0 Å². The second-order valence-corrected chi connectivity index (χ2v) is 5.91. The molecule has 3 heteroatoms. The number of hydrogen-bond donors (Lipinski definition) is 1. The van der Waals surface area contributed by atoms with Crippen LogP contribution in [0.3, 0.4) is 0 Å². The van der Waals surface area contributed by atoms with E-state index in [-0.39, 0.29) is 0 Å². The highest BCUT2D eigenvalue weighted by atomic mass is 32.1. The largest absolute Gasteiger partial charge is 0.309 e. The maximum absolute atomic E-state index is 4.46. The monoisotopic (exact) mass is 240 g/mol. The molecule has 1 aromatic heterocycles. The molecule has 0 bridgehead atoms. The Kier molecular flexibility index (Phi) is 5.99. The molecule has 0 fully saturated rings. The van der Waals surface area contributed by atoms with Crippen LogP contribution in [0.1, 0.15) is 50.4 Å². The Morgan fingerprint density at radius 2 is 2.00 bits per heavy atom. The third kappa shape index (κ3) is 4.62. The minimum absolute atomic E-state index is 0.649. The first-order valence-corrected chi connectivity index (χ1v) is 7.14. The standard InChI is InChI=1S/C13H24N2S/c1-5-11(6-2)14-8-12-9-15-13(16-12)7-10(3)4/h9-11,14H,5-8H2,1-4H3. The van der Waals surface area contributed by atoms with Gasteiger partial charge in [0, 0.05) is 30.1 Å². The average molecular weight is 240 g/mol. The van der Waals surface area contributed by atoms with Gasteiger partial charge >= 0.3 is 0 Å². The molecule has 0 aliphatic heterocycles. The molecule has 0 amide bonds. The van der Waals surface area contributed by atoms with Crippen molar-refractivity contribution in [1.29, 1.82) is 0 Å². The molecular formula is C13H24N2S. The van der Waals surface area contributed by atoms with Crippen LogP contribution in [0.15, 0.2) is 6.20 Å². The summed E-state index contributed by atoms with van der Waals surface area (Å²) in [6.45, 7) is 9.92. The van der Waals surface area contributed by atoms with Gasteiger partial charge in [-0.05, 0) is 18.8 Å². The first-order valence-electron chi connectivity index (χ1n) is 6.32. The Balaban J connectivity index is 2.39. The second-order valence-electron chi connectivity index (χ2n) is 4.71. The van der Waals surface area contributed by atoms with E-state index in [0.29, 0.717) is 12.0 Å². The number of hydrogen-bond acceptors (Lipinski definition) is 3. The van der Waals surface area contributed by atoms with Crippen molar-refractivity contribution < 1.29 is 0 Å². The molecule has 0 saturated heterocycles. The van der Waals surface area contributed by atoms with Gasteiger partial charge in [0.15, 0.2) is 0 Å². The molecule has 1 N–H and O–H groups in total. The summed E-state index contributed by atoms with van der Waals surface area (Å²) < 4.78 is 0. The molecule has 92 valence electrons. The first kappa shape index (κ1) is 13.7. The predicted octanol–water partition coefficient (Wildman–Crippen LogP) is 3.62. The zero-order chi connectivity index (χ0) is 12.0. The van der Waals surface area contributed by atoms with Gasteiger partial charge in [-0.25, -0.2) is 4.98 Å². The molecule has 16 heavy (non-hydrogen) atoms. The van der Waals surface area contributed by atoms with E-state index in [4.69, 9.17) is 0 Å². The topological polar surface area (TPSA) is 24.9 Å². The predicted molar refractivity (Wildman–Crippen MR) is 71.9 cm³/mol. The highest BCUT2D eigenvalue weighted by Crippen LogP contribution is 2.16. The molecule has 0 aliphatic rings. The minimum atomic E-state index is 0.649. The summed E-state index contributed by atoms with van der Waals surface area (Å²) in [7, 11) is 0. The average Bonchev–Trinajstić information content (AvgIpc) is 2.66. The number of aromatic nitrogens is 1. The van der Waals surface area contributed by atoms with Crippen LogP contribution in [-0.4, -0.2) is 11.0 Å². The molecule has 2 nitrogen and oxygen atoms in total. The molecule has 0 atom stereocenters. The summed E-state index contributed by atoms with van der Waals surface area (Å²) in [4.78, 5) is 5.83. The Morgan fingerprint density at radius 1 is 1.31 bits per heavy atom. The maximum atomic E-state index is 4.46. The van der Waals surface area contributed by atoms with Crippen LogP contribution in [0.25, 0.3) is 0 Å². The SMILES string of the molecule is CCC(CC)NCc1cnc(CC(C)C)s1. The summed E-state index contributed by atoms with van der Waals surface area (Å²) in [5, 5.41) is 4.85. The third-order valence-electron chi connectivity index (χ3n) is 2.73. The van der Waals surface area contributed by atoms with Gasteiger partial charge in [-0.15, -0.1) is 11.3 Å². The zero-order valence-electron chi connectivity index (χ0n) is 10.9. The lowest BCUT2D eigenvalue weighted by atomic mass is 10.1. The Hall–Kier alpha value is -0.410. The van der Waals surface area contributed by atoms with Crippen molar-refractivity contribution in [2.24, 2.45) is 5.92 Å². The summed E-state index contributed by atoms with van der Waals surface area (Å²) in [5.41, 5.74) is 0. The Labute approximate surface area is 103 Å². The van der Waals surface area contributed by atoms with Crippen LogP contribution < -0.4 is 5.32 Å². The number of thiazole rings is 1. The van der Waals surface area contributed by atoms with E-state index in [2.05, 4.69) is 38.0 Å². The van der Waals surface area contributed by atoms with Crippen molar-refractivity contribution in [1.82, 2.24) is 10.3 Å². The van der Waals surface area contributed by atoms with Gasteiger partial charge in [0.05, 0.1) is 5.01 Å². The quantitative estimate of drug-likeness (QED) is 0.787. The third-order valence-corrected chi connectivity index (χ3v) is 3.75. The van der Waals surface area contributed by atoms with Crippen molar-refractivity contribution in [3.8, 4) is 0 Å². The summed E-state index contributed by atoms with van der Waals surface area (Å²) in [6.07, 6.45) is 5.54. The number of rotatable bonds is 7. The van der Waals surface area contributed by atoms with Crippen molar-refractivity contribution in [2.45, 2.75) is 59.5 Å². The van der Waals surface area contributed by atoms with Crippen molar-refractivity contribution in [2.75, 3.05) is 0 Å². The van der Waals surface area contributed by atoms with E-state index in [1.165, 1.54) is 22.7 Å². The van der Waals surface area contributed by atoms with Crippen molar-refractivity contribution in [3.63, 3.8) is 0 Å². The molecule has 0 unspecified atom stereocenters. The van der Waals surface area contributed by atoms with E-state index in [9.17, 15) is 0 Å². The lowest BCUT2D eigenvalue weighted by molar-refractivity contribution is 0.486. The molecule has 1 heterocycles. The fraction of sp³-hybridized carbons (Fsp3) is 0.769. The van der Waals surface area contributed by atoms with E-state index in [1.807, 2.05) is 17.5 Å². The van der Waals surface area contributed by atoms with Crippen molar-refractivity contribution in [3.05, 3.63) is 16.1 Å². The van der Waals surface area contributed by atoms with E-state index < -0.39 is 0 Å². The Bertz CT molecular complexity index is 290. The summed E-state index contributed by atoms with van der Waals surface area (Å²) in [5.74, 6) is 0.700. The van der Waals surface area contributed by atoms with Crippen LogP contribution in [0.5, 0.6) is 0 Å². The Morgan fingerprint density at radius 3 is 2.56 bits per heavy atom. The van der Waals surface area contributed by atoms with Gasteiger partial charge < -0.3 is 5.32 Å². The molecule has 0 saturated carbocycles. The lowest BCUT2D eigenvalue weighted by Gasteiger charge is -2.13. The minimum Gasteiger partial charge on any atom is -0.309 e. The van der Waals surface area contributed by atoms with Crippen LogP contribution in [0, 0.1) is 5.92 Å².